The van der Waals surface area contributed by atoms with Crippen molar-refractivity contribution in [1.29, 1.82) is 0 Å². The van der Waals surface area contributed by atoms with E-state index in [0.717, 1.165) is 6.42 Å². The Morgan fingerprint density at radius 2 is 2.25 bits per heavy atom. The normalized spacial score (nSPS) is 11.4. The van der Waals surface area contributed by atoms with Crippen LogP contribution in [0.15, 0.2) is 23.4 Å². The van der Waals surface area contributed by atoms with Crippen molar-refractivity contribution in [1.82, 2.24) is 30.3 Å². The van der Waals surface area contributed by atoms with Crippen LogP contribution in [0.4, 0.5) is 5.69 Å². The van der Waals surface area contributed by atoms with Gasteiger partial charge >= 0.3 is 0 Å². The van der Waals surface area contributed by atoms with Crippen LogP contribution >= 0.6 is 0 Å². The van der Waals surface area contributed by atoms with Gasteiger partial charge in [-0.05, 0) is 18.6 Å². The fourth-order valence-electron chi connectivity index (χ4n) is 1.48. The number of hydrogen-bond acceptors (Lipinski definition) is 7. The molecule has 10 heteroatoms. The summed E-state index contributed by atoms with van der Waals surface area (Å²) < 4.78 is 26.8. The Kier molecular flexibility index (Phi) is 4.58. The molecule has 3 N–H and O–H groups in total. The number of pyridine rings is 1. The highest BCUT2D eigenvalue weighted by atomic mass is 32.2. The van der Waals surface area contributed by atoms with Gasteiger partial charge in [-0.25, -0.2) is 18.1 Å². The number of hydrogen-bond donors (Lipinski definition) is 3. The van der Waals surface area contributed by atoms with Gasteiger partial charge in [0, 0.05) is 12.7 Å². The summed E-state index contributed by atoms with van der Waals surface area (Å²) in [6.07, 6.45) is 2.31. The Balaban J connectivity index is 2.16. The Bertz CT molecular complexity index is 641. The van der Waals surface area contributed by atoms with E-state index >= 15 is 0 Å². The average Bonchev–Trinajstić information content (AvgIpc) is 2.97. The fourth-order valence-corrected chi connectivity index (χ4v) is 2.57. The van der Waals surface area contributed by atoms with Crippen molar-refractivity contribution in [2.75, 3.05) is 11.9 Å². The molecule has 0 aliphatic heterocycles. The first kappa shape index (κ1) is 14.3. The molecule has 0 radical (unpaired) electrons. The van der Waals surface area contributed by atoms with Gasteiger partial charge < -0.3 is 5.32 Å². The van der Waals surface area contributed by atoms with E-state index in [1.165, 1.54) is 6.20 Å². The number of H-pyrrole nitrogens is 1. The summed E-state index contributed by atoms with van der Waals surface area (Å²) in [5.74, 6) is 0.257. The molecule has 0 amide bonds. The molecule has 0 saturated heterocycles. The molecule has 2 aromatic heterocycles. The Morgan fingerprint density at radius 1 is 1.40 bits per heavy atom. The van der Waals surface area contributed by atoms with Crippen molar-refractivity contribution in [3.63, 3.8) is 0 Å². The standard InChI is InChI=1S/C10H15N7O2S/c1-2-5-11-8-4-3-6-12-10(8)20(18,19)13-7-9-14-16-17-15-9/h3-4,6,11,13H,2,5,7H2,1H3,(H,14,15,16,17). The highest BCUT2D eigenvalue weighted by Gasteiger charge is 2.20. The second-order valence-corrected chi connectivity index (χ2v) is 5.62. The van der Waals surface area contributed by atoms with E-state index in [0.29, 0.717) is 12.2 Å². The molecule has 0 fully saturated rings. The molecular weight excluding hydrogens is 282 g/mol. The van der Waals surface area contributed by atoms with Gasteiger partial charge in [0.05, 0.1) is 12.2 Å². The zero-order valence-electron chi connectivity index (χ0n) is 10.9. The molecule has 9 nitrogen and oxygen atoms in total. The van der Waals surface area contributed by atoms with E-state index in [1.54, 1.807) is 12.1 Å². The van der Waals surface area contributed by atoms with E-state index in [-0.39, 0.29) is 17.4 Å². The smallest absolute Gasteiger partial charge is 0.260 e. The molecule has 0 aliphatic rings. The van der Waals surface area contributed by atoms with Crippen LogP contribution in [-0.2, 0) is 16.6 Å². The highest BCUT2D eigenvalue weighted by Crippen LogP contribution is 2.17. The molecule has 0 atom stereocenters. The molecule has 0 spiro atoms. The van der Waals surface area contributed by atoms with Crippen LogP contribution in [0.3, 0.4) is 0 Å². The first-order chi connectivity index (χ1) is 9.63. The lowest BCUT2D eigenvalue weighted by molar-refractivity contribution is 0.575. The minimum Gasteiger partial charge on any atom is -0.383 e. The molecule has 0 saturated carbocycles. The number of rotatable bonds is 7. The summed E-state index contributed by atoms with van der Waals surface area (Å²) in [5, 5.41) is 15.9. The fraction of sp³-hybridized carbons (Fsp3) is 0.400. The van der Waals surface area contributed by atoms with Crippen molar-refractivity contribution in [2.24, 2.45) is 0 Å². The SMILES string of the molecule is CCCNc1cccnc1S(=O)(=O)NCc1nn[nH]n1. The molecule has 2 rings (SSSR count). The molecule has 20 heavy (non-hydrogen) atoms. The van der Waals surface area contributed by atoms with Gasteiger partial charge in [0.15, 0.2) is 10.9 Å². The van der Waals surface area contributed by atoms with Gasteiger partial charge in [-0.15, -0.1) is 10.2 Å². The second kappa shape index (κ2) is 6.39. The summed E-state index contributed by atoms with van der Waals surface area (Å²) in [5.41, 5.74) is 0.468. The van der Waals surface area contributed by atoms with E-state index in [9.17, 15) is 8.42 Å². The lowest BCUT2D eigenvalue weighted by atomic mass is 10.4. The van der Waals surface area contributed by atoms with Gasteiger partial charge in [-0.3, -0.25) is 0 Å². The average molecular weight is 297 g/mol. The number of nitrogens with zero attached hydrogens (tertiary/aromatic N) is 4. The summed E-state index contributed by atoms with van der Waals surface area (Å²) >= 11 is 0. The van der Waals surface area contributed by atoms with Crippen molar-refractivity contribution in [3.8, 4) is 0 Å². The predicted octanol–water partition coefficient (Wildman–Crippen LogP) is -0.105. The zero-order valence-corrected chi connectivity index (χ0v) is 11.7. The van der Waals surface area contributed by atoms with Crippen LogP contribution in [0.5, 0.6) is 0 Å². The van der Waals surface area contributed by atoms with Crippen LogP contribution in [0.2, 0.25) is 0 Å². The van der Waals surface area contributed by atoms with Gasteiger partial charge in [-0.1, -0.05) is 12.1 Å². The monoisotopic (exact) mass is 297 g/mol. The minimum absolute atomic E-state index is 0.0445. The molecule has 2 heterocycles. The molecule has 0 aliphatic carbocycles. The third-order valence-electron chi connectivity index (χ3n) is 2.40. The Hall–Kier alpha value is -2.07. The van der Waals surface area contributed by atoms with Crippen LogP contribution in [0, 0.1) is 0 Å². The van der Waals surface area contributed by atoms with E-state index in [4.69, 9.17) is 0 Å². The van der Waals surface area contributed by atoms with E-state index in [2.05, 4.69) is 35.6 Å². The zero-order chi connectivity index (χ0) is 14.4. The maximum atomic E-state index is 12.2. The third kappa shape index (κ3) is 3.48. The highest BCUT2D eigenvalue weighted by molar-refractivity contribution is 7.89. The van der Waals surface area contributed by atoms with Crippen molar-refractivity contribution in [3.05, 3.63) is 24.2 Å². The first-order valence-electron chi connectivity index (χ1n) is 6.04. The number of sulfonamides is 1. The summed E-state index contributed by atoms with van der Waals surface area (Å²) in [6.45, 7) is 2.60. The van der Waals surface area contributed by atoms with Gasteiger partial charge in [0.25, 0.3) is 10.0 Å². The summed E-state index contributed by atoms with van der Waals surface area (Å²) in [7, 11) is -3.74. The lowest BCUT2D eigenvalue weighted by Gasteiger charge is -2.10. The van der Waals surface area contributed by atoms with Crippen molar-refractivity contribution >= 4 is 15.7 Å². The Labute approximate surface area is 116 Å². The number of aromatic amines is 1. The van der Waals surface area contributed by atoms with Gasteiger partial charge in [0.1, 0.15) is 0 Å². The van der Waals surface area contributed by atoms with Crippen LogP contribution in [-0.4, -0.2) is 40.6 Å². The molecule has 108 valence electrons. The van der Waals surface area contributed by atoms with Crippen LogP contribution in [0.25, 0.3) is 0 Å². The van der Waals surface area contributed by atoms with Crippen LogP contribution < -0.4 is 10.0 Å². The largest absolute Gasteiger partial charge is 0.383 e. The van der Waals surface area contributed by atoms with Crippen LogP contribution in [0.1, 0.15) is 19.2 Å². The molecule has 0 unspecified atom stereocenters. The molecular formula is C10H15N7O2S. The van der Waals surface area contributed by atoms with Crippen molar-refractivity contribution in [2.45, 2.75) is 24.9 Å². The topological polar surface area (TPSA) is 126 Å². The molecule has 0 bridgehead atoms. The first-order valence-corrected chi connectivity index (χ1v) is 7.52. The number of aromatic nitrogens is 5. The third-order valence-corrected chi connectivity index (χ3v) is 3.76. The van der Waals surface area contributed by atoms with Gasteiger partial charge in [0.2, 0.25) is 0 Å². The summed E-state index contributed by atoms with van der Waals surface area (Å²) in [4.78, 5) is 3.93. The van der Waals surface area contributed by atoms with E-state index in [1.807, 2.05) is 6.92 Å². The lowest BCUT2D eigenvalue weighted by Crippen LogP contribution is -2.26. The predicted molar refractivity (Wildman–Crippen MR) is 71.2 cm³/mol. The quantitative estimate of drug-likeness (QED) is 0.651. The van der Waals surface area contributed by atoms with E-state index < -0.39 is 10.0 Å². The Morgan fingerprint density at radius 3 is 2.95 bits per heavy atom. The molecule has 0 aromatic carbocycles. The summed E-state index contributed by atoms with van der Waals surface area (Å²) in [6, 6.07) is 3.35. The van der Waals surface area contributed by atoms with Gasteiger partial charge in [-0.2, -0.15) is 5.21 Å². The number of tetrazole rings is 1. The number of anilines is 1. The number of nitrogens with one attached hydrogen (secondary N) is 3. The molecule has 2 aromatic rings. The second-order valence-electron chi connectivity index (χ2n) is 3.94. The maximum Gasteiger partial charge on any atom is 0.260 e. The maximum absolute atomic E-state index is 12.2. The minimum atomic E-state index is -3.74. The van der Waals surface area contributed by atoms with Crippen molar-refractivity contribution < 1.29 is 8.42 Å².